The van der Waals surface area contributed by atoms with Crippen LogP contribution in [0.3, 0.4) is 0 Å². The van der Waals surface area contributed by atoms with E-state index in [1.54, 1.807) is 14.0 Å². The molecule has 8 nitrogen and oxygen atoms in total. The summed E-state index contributed by atoms with van der Waals surface area (Å²) in [5.41, 5.74) is 1.11. The van der Waals surface area contributed by atoms with Gasteiger partial charge in [-0.1, -0.05) is 0 Å². The quantitative estimate of drug-likeness (QED) is 0.629. The van der Waals surface area contributed by atoms with Gasteiger partial charge in [0.25, 0.3) is 15.7 Å². The molecule has 0 saturated carbocycles. The van der Waals surface area contributed by atoms with Crippen molar-refractivity contribution in [3.8, 4) is 0 Å². The van der Waals surface area contributed by atoms with E-state index in [-0.39, 0.29) is 16.8 Å². The molecule has 0 amide bonds. The predicted octanol–water partition coefficient (Wildman–Crippen LogP) is 1.47. The van der Waals surface area contributed by atoms with Crippen LogP contribution in [-0.2, 0) is 23.5 Å². The lowest BCUT2D eigenvalue weighted by atomic mass is 10.1. The molecule has 1 aliphatic rings. The molecule has 1 aliphatic heterocycles. The summed E-state index contributed by atoms with van der Waals surface area (Å²) in [6, 6.07) is 5.38. The molecule has 1 atom stereocenters. The maximum atomic E-state index is 12.8. The zero-order valence-corrected chi connectivity index (χ0v) is 12.8. The molecule has 3 rings (SSSR count). The Morgan fingerprint density at radius 2 is 2.09 bits per heavy atom. The van der Waals surface area contributed by atoms with Crippen LogP contribution < -0.4 is 4.31 Å². The molecule has 2 heterocycles. The standard InChI is InChI=1S/C13H14N4O4S/c1-9-7-10-8-11(17(18)19)3-4-12(10)16(9)22(20,21)13-5-6-14-15(13)2/h3-6,8-9H,7H2,1-2H3. The van der Waals surface area contributed by atoms with E-state index in [1.165, 1.54) is 39.4 Å². The van der Waals surface area contributed by atoms with E-state index in [9.17, 15) is 18.5 Å². The molecule has 0 spiro atoms. The van der Waals surface area contributed by atoms with E-state index >= 15 is 0 Å². The molecule has 116 valence electrons. The van der Waals surface area contributed by atoms with E-state index < -0.39 is 14.9 Å². The first-order chi connectivity index (χ1) is 10.3. The molecule has 0 bridgehead atoms. The lowest BCUT2D eigenvalue weighted by Crippen LogP contribution is -2.36. The van der Waals surface area contributed by atoms with Gasteiger partial charge >= 0.3 is 0 Å². The first-order valence-electron chi connectivity index (χ1n) is 6.62. The summed E-state index contributed by atoms with van der Waals surface area (Å²) < 4.78 is 28.3. The zero-order chi connectivity index (χ0) is 16.1. The van der Waals surface area contributed by atoms with E-state index in [2.05, 4.69) is 5.10 Å². The average molecular weight is 322 g/mol. The van der Waals surface area contributed by atoms with Gasteiger partial charge in [0.2, 0.25) is 0 Å². The average Bonchev–Trinajstić information content (AvgIpc) is 3.00. The molecule has 2 aromatic rings. The Balaban J connectivity index is 2.11. The fraction of sp³-hybridized carbons (Fsp3) is 0.308. The second-order valence-electron chi connectivity index (χ2n) is 5.22. The number of benzene rings is 1. The molecule has 22 heavy (non-hydrogen) atoms. The van der Waals surface area contributed by atoms with E-state index in [0.29, 0.717) is 17.7 Å². The Morgan fingerprint density at radius 3 is 2.68 bits per heavy atom. The minimum absolute atomic E-state index is 0.0364. The van der Waals surface area contributed by atoms with Gasteiger partial charge in [0.05, 0.1) is 16.8 Å². The van der Waals surface area contributed by atoms with Crippen molar-refractivity contribution < 1.29 is 13.3 Å². The summed E-state index contributed by atoms with van der Waals surface area (Å²) in [6.45, 7) is 1.78. The Morgan fingerprint density at radius 1 is 1.36 bits per heavy atom. The normalized spacial score (nSPS) is 17.5. The molecule has 9 heteroatoms. The SMILES string of the molecule is CC1Cc2cc([N+](=O)[O-])ccc2N1S(=O)(=O)c1ccnn1C. The van der Waals surface area contributed by atoms with E-state index in [1.807, 2.05) is 0 Å². The van der Waals surface area contributed by atoms with Crippen molar-refractivity contribution >= 4 is 21.4 Å². The van der Waals surface area contributed by atoms with Gasteiger partial charge in [0.1, 0.15) is 0 Å². The Bertz CT molecular complexity index is 859. The van der Waals surface area contributed by atoms with Crippen molar-refractivity contribution in [3.05, 3.63) is 46.1 Å². The number of nitro groups is 1. The van der Waals surface area contributed by atoms with Gasteiger partial charge in [-0.2, -0.15) is 13.5 Å². The number of nitrogens with zero attached hydrogens (tertiary/aromatic N) is 4. The third kappa shape index (κ3) is 2.05. The lowest BCUT2D eigenvalue weighted by Gasteiger charge is -2.24. The van der Waals surface area contributed by atoms with Crippen LogP contribution in [0.5, 0.6) is 0 Å². The van der Waals surface area contributed by atoms with Crippen molar-refractivity contribution in [2.24, 2.45) is 7.05 Å². The molecule has 0 N–H and O–H groups in total. The summed E-state index contributed by atoms with van der Waals surface area (Å²) in [4.78, 5) is 10.4. The number of non-ortho nitro benzene ring substituents is 1. The highest BCUT2D eigenvalue weighted by Gasteiger charge is 2.38. The third-order valence-corrected chi connectivity index (χ3v) is 5.73. The van der Waals surface area contributed by atoms with Crippen molar-refractivity contribution in [2.75, 3.05) is 4.31 Å². The summed E-state index contributed by atoms with van der Waals surface area (Å²) in [5, 5.41) is 14.8. The number of anilines is 1. The van der Waals surface area contributed by atoms with Gasteiger partial charge in [-0.3, -0.25) is 19.1 Å². The van der Waals surface area contributed by atoms with Crippen LogP contribution in [0, 0.1) is 10.1 Å². The van der Waals surface area contributed by atoms with Gasteiger partial charge in [0.15, 0.2) is 5.03 Å². The summed E-state index contributed by atoms with van der Waals surface area (Å²) in [5.74, 6) is 0. The van der Waals surface area contributed by atoms with Gasteiger partial charge < -0.3 is 0 Å². The summed E-state index contributed by atoms with van der Waals surface area (Å²) in [6.07, 6.45) is 1.86. The van der Waals surface area contributed by atoms with E-state index in [4.69, 9.17) is 0 Å². The summed E-state index contributed by atoms with van der Waals surface area (Å²) >= 11 is 0. The molecule has 0 saturated heterocycles. The number of aryl methyl sites for hydroxylation is 1. The van der Waals surface area contributed by atoms with Crippen LogP contribution >= 0.6 is 0 Å². The van der Waals surface area contributed by atoms with Crippen LogP contribution in [0.1, 0.15) is 12.5 Å². The van der Waals surface area contributed by atoms with Gasteiger partial charge in [-0.15, -0.1) is 0 Å². The van der Waals surface area contributed by atoms with Crippen LogP contribution in [-0.4, -0.2) is 29.2 Å². The maximum absolute atomic E-state index is 12.8. The topological polar surface area (TPSA) is 98.3 Å². The molecule has 1 unspecified atom stereocenters. The van der Waals surface area contributed by atoms with Crippen LogP contribution in [0.4, 0.5) is 11.4 Å². The zero-order valence-electron chi connectivity index (χ0n) is 12.0. The second kappa shape index (κ2) is 4.80. The fourth-order valence-electron chi connectivity index (χ4n) is 2.78. The molecule has 1 aromatic carbocycles. The molecular formula is C13H14N4O4S. The predicted molar refractivity (Wildman–Crippen MR) is 79.1 cm³/mol. The minimum Gasteiger partial charge on any atom is -0.262 e. The van der Waals surface area contributed by atoms with Gasteiger partial charge in [-0.05, 0) is 31.0 Å². The van der Waals surface area contributed by atoms with Crippen molar-refractivity contribution in [1.29, 1.82) is 0 Å². The van der Waals surface area contributed by atoms with Gasteiger partial charge in [-0.25, -0.2) is 0 Å². The highest BCUT2D eigenvalue weighted by molar-refractivity contribution is 7.92. The first-order valence-corrected chi connectivity index (χ1v) is 8.06. The number of hydrogen-bond donors (Lipinski definition) is 0. The summed E-state index contributed by atoms with van der Waals surface area (Å²) in [7, 11) is -2.20. The Kier molecular flexibility index (Phi) is 3.17. The Hall–Kier alpha value is -2.42. The van der Waals surface area contributed by atoms with Crippen molar-refractivity contribution in [3.63, 3.8) is 0 Å². The number of rotatable bonds is 3. The second-order valence-corrected chi connectivity index (χ2v) is 6.98. The highest BCUT2D eigenvalue weighted by atomic mass is 32.2. The fourth-order valence-corrected chi connectivity index (χ4v) is 4.59. The molecule has 0 radical (unpaired) electrons. The van der Waals surface area contributed by atoms with Crippen LogP contribution in [0.15, 0.2) is 35.5 Å². The maximum Gasteiger partial charge on any atom is 0.281 e. The Labute approximate surface area is 127 Å². The minimum atomic E-state index is -3.76. The number of sulfonamides is 1. The smallest absolute Gasteiger partial charge is 0.262 e. The molecule has 0 fully saturated rings. The number of hydrogen-bond acceptors (Lipinski definition) is 5. The number of fused-ring (bicyclic) bond motifs is 1. The van der Waals surface area contributed by atoms with Crippen molar-refractivity contribution in [2.45, 2.75) is 24.4 Å². The van der Waals surface area contributed by atoms with Gasteiger partial charge in [0, 0.05) is 25.2 Å². The molecule has 0 aliphatic carbocycles. The molecular weight excluding hydrogens is 308 g/mol. The number of aromatic nitrogens is 2. The largest absolute Gasteiger partial charge is 0.281 e. The lowest BCUT2D eigenvalue weighted by molar-refractivity contribution is -0.384. The van der Waals surface area contributed by atoms with E-state index in [0.717, 1.165) is 0 Å². The third-order valence-electron chi connectivity index (χ3n) is 3.73. The van der Waals surface area contributed by atoms with Crippen LogP contribution in [0.25, 0.3) is 0 Å². The van der Waals surface area contributed by atoms with Crippen LogP contribution in [0.2, 0.25) is 0 Å². The first kappa shape index (κ1) is 14.5. The molecule has 1 aromatic heterocycles. The highest BCUT2D eigenvalue weighted by Crippen LogP contribution is 2.38. The monoisotopic (exact) mass is 322 g/mol. The van der Waals surface area contributed by atoms with Crippen molar-refractivity contribution in [1.82, 2.24) is 9.78 Å². The number of nitro benzene ring substituents is 1.